The Kier molecular flexibility index (Phi) is 5.89. The van der Waals surface area contributed by atoms with Crippen LogP contribution in [0.5, 0.6) is 11.5 Å². The number of hydrogen-bond acceptors (Lipinski definition) is 4. The first kappa shape index (κ1) is 20.5. The predicted molar refractivity (Wildman–Crippen MR) is 120 cm³/mol. The third-order valence-corrected chi connectivity index (χ3v) is 4.83. The van der Waals surface area contributed by atoms with Crippen molar-refractivity contribution in [3.8, 4) is 11.5 Å². The second-order valence-electron chi connectivity index (χ2n) is 7.58. The van der Waals surface area contributed by atoms with E-state index in [0.717, 1.165) is 5.56 Å². The molecule has 3 aromatic carbocycles. The lowest BCUT2D eigenvalue weighted by atomic mass is 10.1. The standard InChI is InChI=1S/C25H24N2O4/c1-17(2)31-21-11-8-19(9-12-21)25(29)26-20-10-13-23-22(14-20)27(24(28)16-30-23)15-18-6-4-3-5-7-18/h3-14,17H,15-16H2,1-2H3,(H,26,29). The van der Waals surface area contributed by atoms with Gasteiger partial charge in [0.15, 0.2) is 6.61 Å². The number of fused-ring (bicyclic) bond motifs is 1. The van der Waals surface area contributed by atoms with Crippen molar-refractivity contribution in [2.75, 3.05) is 16.8 Å². The molecule has 0 radical (unpaired) electrons. The zero-order chi connectivity index (χ0) is 21.8. The molecule has 1 heterocycles. The maximum absolute atomic E-state index is 12.7. The van der Waals surface area contributed by atoms with Crippen molar-refractivity contribution in [3.05, 3.63) is 83.9 Å². The summed E-state index contributed by atoms with van der Waals surface area (Å²) in [6.07, 6.45) is 0.0685. The Hall–Kier alpha value is -3.80. The second-order valence-corrected chi connectivity index (χ2v) is 7.58. The topological polar surface area (TPSA) is 67.9 Å². The SMILES string of the molecule is CC(C)Oc1ccc(C(=O)Nc2ccc3c(c2)N(Cc2ccccc2)C(=O)CO3)cc1. The summed E-state index contributed by atoms with van der Waals surface area (Å²) in [4.78, 5) is 26.9. The Morgan fingerprint density at radius 2 is 1.81 bits per heavy atom. The fourth-order valence-corrected chi connectivity index (χ4v) is 3.38. The number of anilines is 2. The lowest BCUT2D eigenvalue weighted by Crippen LogP contribution is -2.38. The maximum atomic E-state index is 12.7. The first-order valence-corrected chi connectivity index (χ1v) is 10.2. The van der Waals surface area contributed by atoms with Crippen molar-refractivity contribution in [2.45, 2.75) is 26.5 Å². The zero-order valence-corrected chi connectivity index (χ0v) is 17.5. The Morgan fingerprint density at radius 1 is 1.06 bits per heavy atom. The molecule has 158 valence electrons. The molecular weight excluding hydrogens is 392 g/mol. The van der Waals surface area contributed by atoms with Gasteiger partial charge in [0.1, 0.15) is 11.5 Å². The quantitative estimate of drug-likeness (QED) is 0.635. The Bertz CT molecular complexity index is 1080. The highest BCUT2D eigenvalue weighted by atomic mass is 16.5. The lowest BCUT2D eigenvalue weighted by Gasteiger charge is -2.30. The van der Waals surface area contributed by atoms with Crippen molar-refractivity contribution >= 4 is 23.2 Å². The number of benzene rings is 3. The highest BCUT2D eigenvalue weighted by Crippen LogP contribution is 2.35. The van der Waals surface area contributed by atoms with E-state index >= 15 is 0 Å². The first-order valence-electron chi connectivity index (χ1n) is 10.2. The molecule has 0 fully saturated rings. The minimum absolute atomic E-state index is 0.00363. The highest BCUT2D eigenvalue weighted by molar-refractivity contribution is 6.05. The number of hydrogen-bond donors (Lipinski definition) is 1. The number of nitrogens with zero attached hydrogens (tertiary/aromatic N) is 1. The molecule has 0 atom stereocenters. The van der Waals surface area contributed by atoms with Gasteiger partial charge in [-0.1, -0.05) is 30.3 Å². The predicted octanol–water partition coefficient (Wildman–Crippen LogP) is 4.65. The van der Waals surface area contributed by atoms with Gasteiger partial charge in [0.25, 0.3) is 11.8 Å². The van der Waals surface area contributed by atoms with Gasteiger partial charge in [-0.2, -0.15) is 0 Å². The van der Waals surface area contributed by atoms with Gasteiger partial charge in [-0.25, -0.2) is 0 Å². The van der Waals surface area contributed by atoms with Crippen LogP contribution in [0.25, 0.3) is 0 Å². The van der Waals surface area contributed by atoms with E-state index in [4.69, 9.17) is 9.47 Å². The Morgan fingerprint density at radius 3 is 2.52 bits per heavy atom. The maximum Gasteiger partial charge on any atom is 0.265 e. The molecule has 0 aliphatic carbocycles. The van der Waals surface area contributed by atoms with Crippen LogP contribution in [-0.4, -0.2) is 24.5 Å². The summed E-state index contributed by atoms with van der Waals surface area (Å²) in [5.41, 5.74) is 2.75. The van der Waals surface area contributed by atoms with E-state index in [-0.39, 0.29) is 24.5 Å². The van der Waals surface area contributed by atoms with Crippen LogP contribution in [0.3, 0.4) is 0 Å². The van der Waals surface area contributed by atoms with Crippen LogP contribution in [0, 0.1) is 0 Å². The normalized spacial score (nSPS) is 12.9. The Balaban J connectivity index is 1.53. The van der Waals surface area contributed by atoms with Crippen LogP contribution in [0.1, 0.15) is 29.8 Å². The summed E-state index contributed by atoms with van der Waals surface area (Å²) in [6, 6.07) is 22.1. The minimum Gasteiger partial charge on any atom is -0.491 e. The molecule has 0 bridgehead atoms. The summed E-state index contributed by atoms with van der Waals surface area (Å²) < 4.78 is 11.2. The molecule has 0 aromatic heterocycles. The number of carbonyl (C=O) groups excluding carboxylic acids is 2. The molecule has 1 N–H and O–H groups in total. The molecule has 0 saturated carbocycles. The van der Waals surface area contributed by atoms with Crippen LogP contribution >= 0.6 is 0 Å². The molecule has 0 saturated heterocycles. The third kappa shape index (κ3) is 4.86. The fourth-order valence-electron chi connectivity index (χ4n) is 3.38. The van der Waals surface area contributed by atoms with Crippen LogP contribution < -0.4 is 19.7 Å². The van der Waals surface area contributed by atoms with Crippen LogP contribution in [-0.2, 0) is 11.3 Å². The number of rotatable bonds is 6. The smallest absolute Gasteiger partial charge is 0.265 e. The fraction of sp³-hybridized carbons (Fsp3) is 0.200. The molecule has 4 rings (SSSR count). The monoisotopic (exact) mass is 416 g/mol. The average Bonchev–Trinajstić information content (AvgIpc) is 2.76. The van der Waals surface area contributed by atoms with Crippen LogP contribution in [0.4, 0.5) is 11.4 Å². The van der Waals surface area contributed by atoms with Gasteiger partial charge >= 0.3 is 0 Å². The number of amides is 2. The zero-order valence-electron chi connectivity index (χ0n) is 17.5. The molecule has 31 heavy (non-hydrogen) atoms. The van der Waals surface area contributed by atoms with E-state index in [1.807, 2.05) is 44.2 Å². The molecule has 1 aliphatic heterocycles. The van der Waals surface area contributed by atoms with E-state index < -0.39 is 0 Å². The molecule has 6 heteroatoms. The second kappa shape index (κ2) is 8.92. The van der Waals surface area contributed by atoms with Gasteiger partial charge in [-0.3, -0.25) is 9.59 Å². The first-order chi connectivity index (χ1) is 15.0. The van der Waals surface area contributed by atoms with Gasteiger partial charge in [-0.05, 0) is 61.9 Å². The minimum atomic E-state index is -0.242. The van der Waals surface area contributed by atoms with Gasteiger partial charge in [0, 0.05) is 11.3 Å². The van der Waals surface area contributed by atoms with Gasteiger partial charge in [0.05, 0.1) is 18.3 Å². The summed E-state index contributed by atoms with van der Waals surface area (Å²) in [6.45, 7) is 4.33. The van der Waals surface area contributed by atoms with Gasteiger partial charge < -0.3 is 19.7 Å². The molecule has 6 nitrogen and oxygen atoms in total. The van der Waals surface area contributed by atoms with Crippen molar-refractivity contribution in [1.82, 2.24) is 0 Å². The summed E-state index contributed by atoms with van der Waals surface area (Å²) in [5, 5.41) is 2.89. The molecule has 0 unspecified atom stereocenters. The average molecular weight is 416 g/mol. The van der Waals surface area contributed by atoms with Crippen LogP contribution in [0.15, 0.2) is 72.8 Å². The molecule has 2 amide bonds. The molecular formula is C25H24N2O4. The number of carbonyl (C=O) groups is 2. The summed E-state index contributed by atoms with van der Waals surface area (Å²) in [7, 11) is 0. The van der Waals surface area contributed by atoms with E-state index in [1.54, 1.807) is 47.4 Å². The summed E-state index contributed by atoms with van der Waals surface area (Å²) in [5.74, 6) is 0.963. The Labute approximate surface area is 181 Å². The van der Waals surface area contributed by atoms with Crippen molar-refractivity contribution in [3.63, 3.8) is 0 Å². The number of ether oxygens (including phenoxy) is 2. The lowest BCUT2D eigenvalue weighted by molar-refractivity contribution is -0.121. The number of nitrogens with one attached hydrogen (secondary N) is 1. The van der Waals surface area contributed by atoms with E-state index in [1.165, 1.54) is 0 Å². The van der Waals surface area contributed by atoms with Crippen molar-refractivity contribution in [1.29, 1.82) is 0 Å². The van der Waals surface area contributed by atoms with Gasteiger partial charge in [0.2, 0.25) is 0 Å². The van der Waals surface area contributed by atoms with E-state index in [9.17, 15) is 9.59 Å². The molecule has 0 spiro atoms. The van der Waals surface area contributed by atoms with Gasteiger partial charge in [-0.15, -0.1) is 0 Å². The van der Waals surface area contributed by atoms with E-state index in [0.29, 0.717) is 35.0 Å². The van der Waals surface area contributed by atoms with Crippen LogP contribution in [0.2, 0.25) is 0 Å². The van der Waals surface area contributed by atoms with Crippen molar-refractivity contribution < 1.29 is 19.1 Å². The largest absolute Gasteiger partial charge is 0.491 e. The van der Waals surface area contributed by atoms with E-state index in [2.05, 4.69) is 5.32 Å². The summed E-state index contributed by atoms with van der Waals surface area (Å²) >= 11 is 0. The third-order valence-electron chi connectivity index (χ3n) is 4.83. The molecule has 1 aliphatic rings. The highest BCUT2D eigenvalue weighted by Gasteiger charge is 2.26. The molecule has 3 aromatic rings. The van der Waals surface area contributed by atoms with Crippen molar-refractivity contribution in [2.24, 2.45) is 0 Å².